The second kappa shape index (κ2) is 7.27. The SMILES string of the molecule is Cc1cccc(-c2noc(CN(CC(C)O)c3ccccc3)n2)c1. The Labute approximate surface area is 141 Å². The fraction of sp³-hybridized carbons (Fsp3) is 0.263. The second-order valence-electron chi connectivity index (χ2n) is 5.95. The van der Waals surface area contributed by atoms with Gasteiger partial charge >= 0.3 is 0 Å². The van der Waals surface area contributed by atoms with Crippen LogP contribution in [-0.4, -0.2) is 27.9 Å². The largest absolute Gasteiger partial charge is 0.392 e. The quantitative estimate of drug-likeness (QED) is 0.753. The van der Waals surface area contributed by atoms with Gasteiger partial charge in [0.1, 0.15) is 0 Å². The number of benzene rings is 2. The van der Waals surface area contributed by atoms with E-state index in [9.17, 15) is 5.11 Å². The van der Waals surface area contributed by atoms with Crippen molar-refractivity contribution in [3.63, 3.8) is 0 Å². The zero-order valence-electron chi connectivity index (χ0n) is 13.9. The lowest BCUT2D eigenvalue weighted by atomic mass is 10.1. The normalized spacial score (nSPS) is 12.1. The summed E-state index contributed by atoms with van der Waals surface area (Å²) < 4.78 is 5.41. The summed E-state index contributed by atoms with van der Waals surface area (Å²) in [6.45, 7) is 4.74. The molecule has 0 fully saturated rings. The summed E-state index contributed by atoms with van der Waals surface area (Å²) in [5, 5.41) is 13.8. The van der Waals surface area contributed by atoms with E-state index in [1.54, 1.807) is 6.92 Å². The summed E-state index contributed by atoms with van der Waals surface area (Å²) in [4.78, 5) is 6.52. The molecule has 0 bridgehead atoms. The topological polar surface area (TPSA) is 62.4 Å². The van der Waals surface area contributed by atoms with Gasteiger partial charge in [0.05, 0.1) is 12.6 Å². The first-order chi connectivity index (χ1) is 11.6. The third-order valence-corrected chi connectivity index (χ3v) is 3.68. The molecule has 124 valence electrons. The molecule has 0 aliphatic rings. The Hall–Kier alpha value is -2.66. The summed E-state index contributed by atoms with van der Waals surface area (Å²) in [6.07, 6.45) is -0.454. The van der Waals surface area contributed by atoms with E-state index in [4.69, 9.17) is 4.52 Å². The highest BCUT2D eigenvalue weighted by Crippen LogP contribution is 2.20. The minimum atomic E-state index is -0.454. The number of hydrogen-bond donors (Lipinski definition) is 1. The van der Waals surface area contributed by atoms with Crippen LogP contribution in [0.15, 0.2) is 59.1 Å². The molecule has 0 amide bonds. The molecule has 5 nitrogen and oxygen atoms in total. The molecule has 3 aromatic rings. The summed E-state index contributed by atoms with van der Waals surface area (Å²) in [7, 11) is 0. The van der Waals surface area contributed by atoms with Crippen LogP contribution in [0, 0.1) is 6.92 Å². The van der Waals surface area contributed by atoms with E-state index in [0.29, 0.717) is 24.8 Å². The minimum absolute atomic E-state index is 0.452. The molecule has 0 aliphatic carbocycles. The predicted molar refractivity (Wildman–Crippen MR) is 93.6 cm³/mol. The maximum absolute atomic E-state index is 9.77. The van der Waals surface area contributed by atoms with E-state index in [1.165, 1.54) is 0 Å². The van der Waals surface area contributed by atoms with Gasteiger partial charge in [0.25, 0.3) is 0 Å². The van der Waals surface area contributed by atoms with E-state index < -0.39 is 6.10 Å². The zero-order chi connectivity index (χ0) is 16.9. The Morgan fingerprint density at radius 1 is 1.12 bits per heavy atom. The molecule has 0 saturated heterocycles. The van der Waals surface area contributed by atoms with Crippen molar-refractivity contribution in [2.75, 3.05) is 11.4 Å². The highest BCUT2D eigenvalue weighted by Gasteiger charge is 2.15. The monoisotopic (exact) mass is 323 g/mol. The van der Waals surface area contributed by atoms with Crippen molar-refractivity contribution in [1.82, 2.24) is 10.1 Å². The number of hydrogen-bond acceptors (Lipinski definition) is 5. The van der Waals surface area contributed by atoms with E-state index in [0.717, 1.165) is 16.8 Å². The van der Waals surface area contributed by atoms with Crippen LogP contribution < -0.4 is 4.90 Å². The van der Waals surface area contributed by atoms with E-state index >= 15 is 0 Å². The fourth-order valence-corrected chi connectivity index (χ4v) is 2.60. The highest BCUT2D eigenvalue weighted by molar-refractivity contribution is 5.55. The molecule has 1 heterocycles. The number of rotatable bonds is 6. The van der Waals surface area contributed by atoms with Gasteiger partial charge in [-0.25, -0.2) is 0 Å². The number of aliphatic hydroxyl groups excluding tert-OH is 1. The lowest BCUT2D eigenvalue weighted by Gasteiger charge is -2.24. The summed E-state index contributed by atoms with van der Waals surface area (Å²) in [5.74, 6) is 1.11. The average Bonchev–Trinajstić information content (AvgIpc) is 3.03. The van der Waals surface area contributed by atoms with Gasteiger partial charge in [-0.15, -0.1) is 0 Å². The second-order valence-corrected chi connectivity index (χ2v) is 5.95. The van der Waals surface area contributed by atoms with Crippen LogP contribution in [0.25, 0.3) is 11.4 Å². The lowest BCUT2D eigenvalue weighted by Crippen LogP contribution is -2.30. The van der Waals surface area contributed by atoms with Crippen LogP contribution in [0.5, 0.6) is 0 Å². The number of aliphatic hydroxyl groups is 1. The molecule has 1 aromatic heterocycles. The smallest absolute Gasteiger partial charge is 0.246 e. The molecular formula is C19H21N3O2. The van der Waals surface area contributed by atoms with Crippen molar-refractivity contribution in [2.45, 2.75) is 26.5 Å². The summed E-state index contributed by atoms with van der Waals surface area (Å²) in [6, 6.07) is 17.9. The van der Waals surface area contributed by atoms with Crippen molar-refractivity contribution < 1.29 is 9.63 Å². The number of para-hydroxylation sites is 1. The summed E-state index contributed by atoms with van der Waals surface area (Å²) >= 11 is 0. The number of nitrogens with zero attached hydrogens (tertiary/aromatic N) is 3. The fourth-order valence-electron chi connectivity index (χ4n) is 2.60. The molecular weight excluding hydrogens is 302 g/mol. The van der Waals surface area contributed by atoms with Crippen LogP contribution in [0.3, 0.4) is 0 Å². The van der Waals surface area contributed by atoms with Crippen LogP contribution in [-0.2, 0) is 6.54 Å². The van der Waals surface area contributed by atoms with Crippen LogP contribution in [0.1, 0.15) is 18.4 Å². The molecule has 24 heavy (non-hydrogen) atoms. The van der Waals surface area contributed by atoms with Gasteiger partial charge in [-0.1, -0.05) is 47.1 Å². The molecule has 0 radical (unpaired) electrons. The Bertz CT molecular complexity index is 784. The third kappa shape index (κ3) is 4.00. The first-order valence-electron chi connectivity index (χ1n) is 7.99. The van der Waals surface area contributed by atoms with Gasteiger partial charge in [0.2, 0.25) is 11.7 Å². The maximum Gasteiger partial charge on any atom is 0.246 e. The minimum Gasteiger partial charge on any atom is -0.392 e. The Balaban J connectivity index is 1.81. The standard InChI is InChI=1S/C19H21N3O2/c1-14-7-6-8-16(11-14)19-20-18(24-21-19)13-22(12-15(2)23)17-9-4-3-5-10-17/h3-11,15,23H,12-13H2,1-2H3. The Morgan fingerprint density at radius 3 is 2.62 bits per heavy atom. The van der Waals surface area contributed by atoms with E-state index in [2.05, 4.69) is 10.1 Å². The van der Waals surface area contributed by atoms with Crippen molar-refractivity contribution in [2.24, 2.45) is 0 Å². The Kier molecular flexibility index (Phi) is 4.91. The average molecular weight is 323 g/mol. The zero-order valence-corrected chi connectivity index (χ0v) is 13.9. The molecule has 1 unspecified atom stereocenters. The molecule has 0 spiro atoms. The Morgan fingerprint density at radius 2 is 1.92 bits per heavy atom. The van der Waals surface area contributed by atoms with Crippen molar-refractivity contribution in [1.29, 1.82) is 0 Å². The number of aryl methyl sites for hydroxylation is 1. The maximum atomic E-state index is 9.77. The van der Waals surface area contributed by atoms with Crippen molar-refractivity contribution in [3.05, 3.63) is 66.1 Å². The van der Waals surface area contributed by atoms with Crippen LogP contribution >= 0.6 is 0 Å². The molecule has 1 atom stereocenters. The molecule has 5 heteroatoms. The van der Waals surface area contributed by atoms with Gasteiger partial charge in [-0.3, -0.25) is 0 Å². The highest BCUT2D eigenvalue weighted by atomic mass is 16.5. The first kappa shape index (κ1) is 16.2. The van der Waals surface area contributed by atoms with E-state index in [1.807, 2.05) is 66.4 Å². The number of aromatic nitrogens is 2. The van der Waals surface area contributed by atoms with Gasteiger partial charge in [0, 0.05) is 17.8 Å². The van der Waals surface area contributed by atoms with Gasteiger partial charge < -0.3 is 14.5 Å². The predicted octanol–water partition coefficient (Wildman–Crippen LogP) is 3.43. The van der Waals surface area contributed by atoms with Gasteiger partial charge in [-0.2, -0.15) is 4.98 Å². The van der Waals surface area contributed by atoms with Crippen molar-refractivity contribution >= 4 is 5.69 Å². The van der Waals surface area contributed by atoms with Crippen LogP contribution in [0.2, 0.25) is 0 Å². The molecule has 2 aromatic carbocycles. The van der Waals surface area contributed by atoms with Gasteiger partial charge in [0.15, 0.2) is 0 Å². The van der Waals surface area contributed by atoms with Gasteiger partial charge in [-0.05, 0) is 32.0 Å². The van der Waals surface area contributed by atoms with Crippen molar-refractivity contribution in [3.8, 4) is 11.4 Å². The third-order valence-electron chi connectivity index (χ3n) is 3.68. The molecule has 0 aliphatic heterocycles. The molecule has 0 saturated carbocycles. The van der Waals surface area contributed by atoms with Crippen LogP contribution in [0.4, 0.5) is 5.69 Å². The molecule has 1 N–H and O–H groups in total. The number of anilines is 1. The van der Waals surface area contributed by atoms with E-state index in [-0.39, 0.29) is 0 Å². The molecule has 3 rings (SSSR count). The summed E-state index contributed by atoms with van der Waals surface area (Å²) in [5.41, 5.74) is 3.10. The first-order valence-corrected chi connectivity index (χ1v) is 7.99. The lowest BCUT2D eigenvalue weighted by molar-refractivity contribution is 0.198.